The minimum Gasteiger partial charge on any atom is -0.419 e. The molecule has 0 aliphatic carbocycles. The van der Waals surface area contributed by atoms with Gasteiger partial charge in [0.05, 0.1) is 13.2 Å². The first-order valence-electron chi connectivity index (χ1n) is 9.95. The summed E-state index contributed by atoms with van der Waals surface area (Å²) >= 11 is 0. The van der Waals surface area contributed by atoms with Crippen LogP contribution in [0, 0.1) is 6.92 Å². The standard InChI is InChI=1S/C21H27N5O3/c1-15-13-25(9-10-26(15)11-12-27-3)14-18-22-23-21(28-18)19-16(2)29-24-20(19)17-7-5-4-6-8-17/h4-8,15H,9-14H2,1-3H3. The molecule has 1 aliphatic heterocycles. The number of methoxy groups -OCH3 is 1. The van der Waals surface area contributed by atoms with Crippen molar-refractivity contribution in [3.8, 4) is 22.7 Å². The second kappa shape index (κ2) is 8.86. The summed E-state index contributed by atoms with van der Waals surface area (Å²) in [5.41, 5.74) is 2.44. The highest BCUT2D eigenvalue weighted by atomic mass is 16.5. The second-order valence-electron chi connectivity index (χ2n) is 7.44. The molecular weight excluding hydrogens is 370 g/mol. The minimum atomic E-state index is 0.449. The summed E-state index contributed by atoms with van der Waals surface area (Å²) in [6.45, 7) is 9.41. The van der Waals surface area contributed by atoms with Gasteiger partial charge in [-0.1, -0.05) is 35.5 Å². The van der Waals surface area contributed by atoms with Gasteiger partial charge < -0.3 is 13.7 Å². The van der Waals surface area contributed by atoms with Crippen molar-refractivity contribution in [3.63, 3.8) is 0 Å². The van der Waals surface area contributed by atoms with Crippen LogP contribution >= 0.6 is 0 Å². The zero-order valence-corrected chi connectivity index (χ0v) is 17.2. The van der Waals surface area contributed by atoms with Crippen molar-refractivity contribution in [1.29, 1.82) is 0 Å². The fourth-order valence-electron chi connectivity index (χ4n) is 3.78. The molecule has 3 aromatic rings. The third kappa shape index (κ3) is 4.39. The lowest BCUT2D eigenvalue weighted by Crippen LogP contribution is -2.52. The van der Waals surface area contributed by atoms with E-state index in [2.05, 4.69) is 32.1 Å². The average molecular weight is 397 g/mol. The summed E-state index contributed by atoms with van der Waals surface area (Å²) in [5.74, 6) is 1.72. The fourth-order valence-corrected chi connectivity index (χ4v) is 3.78. The molecule has 29 heavy (non-hydrogen) atoms. The third-order valence-electron chi connectivity index (χ3n) is 5.38. The number of rotatable bonds is 7. The summed E-state index contributed by atoms with van der Waals surface area (Å²) < 4.78 is 16.6. The maximum absolute atomic E-state index is 6.00. The van der Waals surface area contributed by atoms with E-state index in [1.165, 1.54) is 0 Å². The molecule has 1 saturated heterocycles. The molecule has 1 atom stereocenters. The normalized spacial score (nSPS) is 18.4. The van der Waals surface area contributed by atoms with Crippen LogP contribution in [0.3, 0.4) is 0 Å². The monoisotopic (exact) mass is 397 g/mol. The minimum absolute atomic E-state index is 0.449. The van der Waals surface area contributed by atoms with Crippen molar-refractivity contribution in [2.75, 3.05) is 39.9 Å². The number of hydrogen-bond acceptors (Lipinski definition) is 8. The lowest BCUT2D eigenvalue weighted by Gasteiger charge is -2.39. The molecule has 0 saturated carbocycles. The van der Waals surface area contributed by atoms with Crippen LogP contribution in [-0.4, -0.2) is 71.1 Å². The first-order chi connectivity index (χ1) is 14.2. The molecule has 0 radical (unpaired) electrons. The van der Waals surface area contributed by atoms with Crippen molar-refractivity contribution < 1.29 is 13.7 Å². The number of piperazine rings is 1. The van der Waals surface area contributed by atoms with Crippen LogP contribution in [0.1, 0.15) is 18.6 Å². The highest BCUT2D eigenvalue weighted by molar-refractivity contribution is 5.77. The van der Waals surface area contributed by atoms with E-state index < -0.39 is 0 Å². The summed E-state index contributed by atoms with van der Waals surface area (Å²) in [4.78, 5) is 4.80. The summed E-state index contributed by atoms with van der Waals surface area (Å²) in [6, 6.07) is 10.3. The van der Waals surface area contributed by atoms with E-state index in [0.717, 1.165) is 49.6 Å². The molecule has 2 aromatic heterocycles. The maximum Gasteiger partial charge on any atom is 0.253 e. The van der Waals surface area contributed by atoms with E-state index in [1.807, 2.05) is 37.3 Å². The molecule has 1 aromatic carbocycles. The van der Waals surface area contributed by atoms with Crippen LogP contribution < -0.4 is 0 Å². The molecule has 0 bridgehead atoms. The Balaban J connectivity index is 1.46. The first-order valence-corrected chi connectivity index (χ1v) is 9.95. The van der Waals surface area contributed by atoms with E-state index in [9.17, 15) is 0 Å². The van der Waals surface area contributed by atoms with Crippen LogP contribution in [0.5, 0.6) is 0 Å². The fraction of sp³-hybridized carbons (Fsp3) is 0.476. The number of hydrogen-bond donors (Lipinski definition) is 0. The van der Waals surface area contributed by atoms with Crippen LogP contribution in [0.25, 0.3) is 22.7 Å². The lowest BCUT2D eigenvalue weighted by molar-refractivity contribution is 0.0522. The van der Waals surface area contributed by atoms with Gasteiger partial charge in [-0.15, -0.1) is 10.2 Å². The topological polar surface area (TPSA) is 80.7 Å². The van der Waals surface area contributed by atoms with Crippen LogP contribution in [0.15, 0.2) is 39.3 Å². The van der Waals surface area contributed by atoms with Crippen LogP contribution in [0.2, 0.25) is 0 Å². The number of aryl methyl sites for hydroxylation is 1. The van der Waals surface area contributed by atoms with Crippen LogP contribution in [-0.2, 0) is 11.3 Å². The largest absolute Gasteiger partial charge is 0.419 e. The molecular formula is C21H27N5O3. The van der Waals surface area contributed by atoms with Crippen molar-refractivity contribution in [3.05, 3.63) is 42.0 Å². The number of nitrogens with zero attached hydrogens (tertiary/aromatic N) is 5. The Bertz CT molecular complexity index is 924. The molecule has 3 heterocycles. The van der Waals surface area contributed by atoms with Crippen LogP contribution in [0.4, 0.5) is 0 Å². The van der Waals surface area contributed by atoms with E-state index in [0.29, 0.717) is 30.1 Å². The SMILES string of the molecule is COCCN1CCN(Cc2nnc(-c3c(-c4ccccc4)noc3C)o2)CC1C. The van der Waals surface area contributed by atoms with Crippen molar-refractivity contribution in [2.45, 2.75) is 26.4 Å². The molecule has 4 rings (SSSR count). The smallest absolute Gasteiger partial charge is 0.253 e. The first kappa shape index (κ1) is 19.8. The molecule has 1 unspecified atom stereocenters. The zero-order valence-electron chi connectivity index (χ0n) is 17.2. The van der Waals surface area contributed by atoms with Crippen molar-refractivity contribution >= 4 is 0 Å². The Labute approximate surface area is 170 Å². The van der Waals surface area contributed by atoms with Gasteiger partial charge in [0.2, 0.25) is 5.89 Å². The molecule has 8 heteroatoms. The van der Waals surface area contributed by atoms with E-state index in [-0.39, 0.29) is 0 Å². The summed E-state index contributed by atoms with van der Waals surface area (Å²) in [7, 11) is 1.74. The molecule has 0 amide bonds. The number of benzene rings is 1. The predicted molar refractivity (Wildman–Crippen MR) is 108 cm³/mol. The Morgan fingerprint density at radius 1 is 1.17 bits per heavy atom. The Morgan fingerprint density at radius 3 is 2.76 bits per heavy atom. The molecule has 1 fully saturated rings. The Hall–Kier alpha value is -2.55. The van der Waals surface area contributed by atoms with E-state index >= 15 is 0 Å². The zero-order chi connectivity index (χ0) is 20.2. The molecule has 8 nitrogen and oxygen atoms in total. The third-order valence-corrected chi connectivity index (χ3v) is 5.38. The van der Waals surface area contributed by atoms with Crippen molar-refractivity contribution in [1.82, 2.24) is 25.2 Å². The summed E-state index contributed by atoms with van der Waals surface area (Å²) in [5, 5.41) is 12.8. The van der Waals surface area contributed by atoms with Gasteiger partial charge in [0.25, 0.3) is 5.89 Å². The van der Waals surface area contributed by atoms with Gasteiger partial charge >= 0.3 is 0 Å². The lowest BCUT2D eigenvalue weighted by atomic mass is 10.1. The molecule has 0 N–H and O–H groups in total. The van der Waals surface area contributed by atoms with Gasteiger partial charge in [0.1, 0.15) is 17.0 Å². The van der Waals surface area contributed by atoms with Gasteiger partial charge in [-0.3, -0.25) is 9.80 Å². The second-order valence-corrected chi connectivity index (χ2v) is 7.44. The quantitative estimate of drug-likeness (QED) is 0.602. The van der Waals surface area contributed by atoms with E-state index in [1.54, 1.807) is 7.11 Å². The van der Waals surface area contributed by atoms with Gasteiger partial charge in [-0.2, -0.15) is 0 Å². The molecule has 1 aliphatic rings. The highest BCUT2D eigenvalue weighted by Crippen LogP contribution is 2.33. The van der Waals surface area contributed by atoms with Crippen molar-refractivity contribution in [2.24, 2.45) is 0 Å². The summed E-state index contributed by atoms with van der Waals surface area (Å²) in [6.07, 6.45) is 0. The molecule has 154 valence electrons. The van der Waals surface area contributed by atoms with Gasteiger partial charge in [0, 0.05) is 44.9 Å². The van der Waals surface area contributed by atoms with Gasteiger partial charge in [0.15, 0.2) is 0 Å². The number of aromatic nitrogens is 3. The van der Waals surface area contributed by atoms with Gasteiger partial charge in [-0.25, -0.2) is 0 Å². The van der Waals surface area contributed by atoms with Gasteiger partial charge in [-0.05, 0) is 13.8 Å². The Morgan fingerprint density at radius 2 is 2.00 bits per heavy atom. The molecule has 0 spiro atoms. The maximum atomic E-state index is 6.00. The Kier molecular flexibility index (Phi) is 6.03. The number of ether oxygens (including phenoxy) is 1. The predicted octanol–water partition coefficient (Wildman–Crippen LogP) is 2.85. The van der Waals surface area contributed by atoms with E-state index in [4.69, 9.17) is 13.7 Å². The highest BCUT2D eigenvalue weighted by Gasteiger charge is 2.26. The average Bonchev–Trinajstić information content (AvgIpc) is 3.34.